The first kappa shape index (κ1) is 14.0. The van der Waals surface area contributed by atoms with Crippen molar-refractivity contribution >= 4 is 27.5 Å². The van der Waals surface area contributed by atoms with E-state index in [1.165, 1.54) is 0 Å². The van der Waals surface area contributed by atoms with Gasteiger partial charge in [-0.15, -0.1) is 0 Å². The van der Waals surface area contributed by atoms with Crippen molar-refractivity contribution in [3.63, 3.8) is 0 Å². The molecule has 0 bridgehead atoms. The molecule has 1 aliphatic heterocycles. The maximum Gasteiger partial charge on any atom is 0.230 e. The number of amides is 1. The molecule has 1 aliphatic rings. The Hall–Kier alpha value is -1.38. The Labute approximate surface area is 121 Å². The molecule has 0 aliphatic carbocycles. The summed E-state index contributed by atoms with van der Waals surface area (Å²) in [6, 6.07) is 7.38. The van der Waals surface area contributed by atoms with E-state index in [-0.39, 0.29) is 11.3 Å². The number of carbonyl (C=O) groups excluding carboxylic acids is 1. The lowest BCUT2D eigenvalue weighted by Crippen LogP contribution is -2.42. The van der Waals surface area contributed by atoms with E-state index in [4.69, 9.17) is 5.26 Å². The fourth-order valence-electron chi connectivity index (χ4n) is 2.20. The predicted molar refractivity (Wildman–Crippen MR) is 77.7 cm³/mol. The van der Waals surface area contributed by atoms with E-state index in [0.717, 1.165) is 30.4 Å². The molecule has 0 spiro atoms. The zero-order chi connectivity index (χ0) is 13.9. The lowest BCUT2D eigenvalue weighted by Gasteiger charge is -2.32. The molecule has 2 rings (SSSR count). The van der Waals surface area contributed by atoms with Crippen LogP contribution in [0.3, 0.4) is 0 Å². The largest absolute Gasteiger partial charge is 0.324 e. The van der Waals surface area contributed by atoms with Crippen molar-refractivity contribution in [1.29, 1.82) is 5.26 Å². The second kappa shape index (κ2) is 5.72. The number of hydrogen-bond acceptors (Lipinski definition) is 3. The summed E-state index contributed by atoms with van der Waals surface area (Å²) in [5, 5.41) is 15.2. The van der Waals surface area contributed by atoms with Gasteiger partial charge in [0.05, 0.1) is 11.3 Å². The lowest BCUT2D eigenvalue weighted by atomic mass is 9.80. The Morgan fingerprint density at radius 2 is 2.16 bits per heavy atom. The third-order valence-corrected chi connectivity index (χ3v) is 4.10. The molecule has 1 aromatic rings. The van der Waals surface area contributed by atoms with E-state index >= 15 is 0 Å². The maximum atomic E-state index is 12.4. The molecule has 19 heavy (non-hydrogen) atoms. The summed E-state index contributed by atoms with van der Waals surface area (Å²) in [5.74, 6) is -0.00665. The minimum absolute atomic E-state index is 0.00665. The number of piperidine rings is 1. The molecule has 100 valence electrons. The van der Waals surface area contributed by atoms with Gasteiger partial charge in [-0.1, -0.05) is 22.9 Å². The fraction of sp³-hybridized carbons (Fsp3) is 0.429. The van der Waals surface area contributed by atoms with Gasteiger partial charge in [0.1, 0.15) is 6.07 Å². The molecule has 1 aromatic carbocycles. The second-order valence-corrected chi connectivity index (χ2v) is 5.98. The van der Waals surface area contributed by atoms with Gasteiger partial charge in [-0.05, 0) is 44.1 Å². The molecule has 0 unspecified atom stereocenters. The van der Waals surface area contributed by atoms with Crippen LogP contribution >= 0.6 is 15.9 Å². The van der Waals surface area contributed by atoms with Crippen molar-refractivity contribution in [2.75, 3.05) is 18.4 Å². The Kier molecular flexibility index (Phi) is 4.23. The zero-order valence-electron chi connectivity index (χ0n) is 10.8. The molecular formula is C14H16BrN3O. The van der Waals surface area contributed by atoms with Crippen LogP contribution in [0, 0.1) is 16.7 Å². The number of halogens is 1. The van der Waals surface area contributed by atoms with E-state index in [1.807, 2.05) is 13.0 Å². The number of hydrogen-bond donors (Lipinski definition) is 2. The average molecular weight is 322 g/mol. The first-order chi connectivity index (χ1) is 9.05. The number of carbonyl (C=O) groups is 1. The van der Waals surface area contributed by atoms with Crippen LogP contribution in [0.2, 0.25) is 0 Å². The van der Waals surface area contributed by atoms with Gasteiger partial charge < -0.3 is 10.6 Å². The number of anilines is 1. The van der Waals surface area contributed by atoms with Crippen LogP contribution in [0.15, 0.2) is 22.7 Å². The van der Waals surface area contributed by atoms with E-state index in [0.29, 0.717) is 11.3 Å². The number of nitrogens with one attached hydrogen (secondary N) is 2. The van der Waals surface area contributed by atoms with Gasteiger partial charge in [0.25, 0.3) is 0 Å². The molecule has 1 heterocycles. The van der Waals surface area contributed by atoms with Gasteiger partial charge in [0.2, 0.25) is 5.91 Å². The van der Waals surface area contributed by atoms with E-state index in [2.05, 4.69) is 32.6 Å². The van der Waals surface area contributed by atoms with Gasteiger partial charge in [-0.25, -0.2) is 0 Å². The highest BCUT2D eigenvalue weighted by Crippen LogP contribution is 2.30. The fourth-order valence-corrected chi connectivity index (χ4v) is 2.56. The third-order valence-electron chi connectivity index (χ3n) is 3.61. The molecule has 0 saturated carbocycles. The summed E-state index contributed by atoms with van der Waals surface area (Å²) in [6.07, 6.45) is 1.63. The number of rotatable bonds is 2. The van der Waals surface area contributed by atoms with Gasteiger partial charge in [0.15, 0.2) is 0 Å². The van der Waals surface area contributed by atoms with Crippen LogP contribution < -0.4 is 10.6 Å². The van der Waals surface area contributed by atoms with Gasteiger partial charge in [-0.2, -0.15) is 5.26 Å². The van der Waals surface area contributed by atoms with Gasteiger partial charge >= 0.3 is 0 Å². The smallest absolute Gasteiger partial charge is 0.230 e. The zero-order valence-corrected chi connectivity index (χ0v) is 12.4. The van der Waals surface area contributed by atoms with Crippen LogP contribution in [0.4, 0.5) is 5.69 Å². The number of benzene rings is 1. The summed E-state index contributed by atoms with van der Waals surface area (Å²) >= 11 is 3.32. The molecule has 0 aromatic heterocycles. The highest BCUT2D eigenvalue weighted by Gasteiger charge is 2.34. The Bertz CT molecular complexity index is 530. The lowest BCUT2D eigenvalue weighted by molar-refractivity contribution is -0.126. The Morgan fingerprint density at radius 3 is 2.79 bits per heavy atom. The predicted octanol–water partition coefficient (Wildman–Crippen LogP) is 2.65. The summed E-state index contributed by atoms with van der Waals surface area (Å²) in [7, 11) is 0. The maximum absolute atomic E-state index is 12.4. The molecule has 5 heteroatoms. The van der Waals surface area contributed by atoms with Crippen LogP contribution in [0.25, 0.3) is 0 Å². The minimum atomic E-state index is -0.356. The molecule has 1 amide bonds. The van der Waals surface area contributed by atoms with E-state index < -0.39 is 0 Å². The quantitative estimate of drug-likeness (QED) is 0.880. The SMILES string of the molecule is CC1(C(=O)Nc2ccc(Br)cc2C#N)CCNCC1. The molecule has 0 radical (unpaired) electrons. The van der Waals surface area contributed by atoms with Crippen molar-refractivity contribution in [3.05, 3.63) is 28.2 Å². The normalized spacial score (nSPS) is 17.5. The topological polar surface area (TPSA) is 64.9 Å². The van der Waals surface area contributed by atoms with Crippen LogP contribution in [0.1, 0.15) is 25.3 Å². The first-order valence-electron chi connectivity index (χ1n) is 6.27. The van der Waals surface area contributed by atoms with Crippen molar-refractivity contribution in [2.24, 2.45) is 5.41 Å². The van der Waals surface area contributed by atoms with E-state index in [1.54, 1.807) is 12.1 Å². The molecule has 1 fully saturated rings. The summed E-state index contributed by atoms with van der Waals surface area (Å²) in [4.78, 5) is 12.4. The summed E-state index contributed by atoms with van der Waals surface area (Å²) in [6.45, 7) is 3.69. The van der Waals surface area contributed by atoms with Gasteiger partial charge in [0, 0.05) is 9.89 Å². The van der Waals surface area contributed by atoms with E-state index in [9.17, 15) is 4.79 Å². The van der Waals surface area contributed by atoms with Gasteiger partial charge in [-0.3, -0.25) is 4.79 Å². The van der Waals surface area contributed by atoms with Crippen molar-refractivity contribution in [1.82, 2.24) is 5.32 Å². The summed E-state index contributed by atoms with van der Waals surface area (Å²) in [5.41, 5.74) is 0.695. The standard InChI is InChI=1S/C14H16BrN3O/c1-14(4-6-17-7-5-14)13(19)18-12-3-2-11(15)8-10(12)9-16/h2-3,8,17H,4-7H2,1H3,(H,18,19). The van der Waals surface area contributed by atoms with Crippen LogP contribution in [0.5, 0.6) is 0 Å². The average Bonchev–Trinajstić information content (AvgIpc) is 2.41. The number of nitriles is 1. The number of nitrogens with zero attached hydrogens (tertiary/aromatic N) is 1. The minimum Gasteiger partial charge on any atom is -0.324 e. The molecule has 4 nitrogen and oxygen atoms in total. The molecule has 2 N–H and O–H groups in total. The highest BCUT2D eigenvalue weighted by atomic mass is 79.9. The Morgan fingerprint density at radius 1 is 1.47 bits per heavy atom. The molecular weight excluding hydrogens is 306 g/mol. The summed E-state index contributed by atoms with van der Waals surface area (Å²) < 4.78 is 0.829. The van der Waals surface area contributed by atoms with Crippen LogP contribution in [-0.4, -0.2) is 19.0 Å². The third kappa shape index (κ3) is 3.14. The van der Waals surface area contributed by atoms with Crippen molar-refractivity contribution < 1.29 is 4.79 Å². The second-order valence-electron chi connectivity index (χ2n) is 5.07. The van der Waals surface area contributed by atoms with Crippen molar-refractivity contribution in [3.8, 4) is 6.07 Å². The highest BCUT2D eigenvalue weighted by molar-refractivity contribution is 9.10. The monoisotopic (exact) mass is 321 g/mol. The van der Waals surface area contributed by atoms with Crippen LogP contribution in [-0.2, 0) is 4.79 Å². The molecule has 0 atom stereocenters. The van der Waals surface area contributed by atoms with Crippen molar-refractivity contribution in [2.45, 2.75) is 19.8 Å². The molecule has 1 saturated heterocycles. The Balaban J connectivity index is 2.17. The first-order valence-corrected chi connectivity index (χ1v) is 7.06.